The Bertz CT molecular complexity index is 632. The molecule has 1 unspecified atom stereocenters. The Kier molecular flexibility index (Phi) is 11.9. The van der Waals surface area contributed by atoms with Gasteiger partial charge in [0, 0.05) is 13.6 Å². The van der Waals surface area contributed by atoms with Gasteiger partial charge in [0.15, 0.2) is 5.96 Å². The Labute approximate surface area is 189 Å². The molecule has 160 valence electrons. The first-order valence-electron chi connectivity index (χ1n) is 9.89. The number of likely N-dealkylation sites (tertiary alicyclic amines) is 1. The smallest absolute Gasteiger partial charge is 0.350 e. The van der Waals surface area contributed by atoms with Crippen LogP contribution in [0.1, 0.15) is 65.9 Å². The van der Waals surface area contributed by atoms with E-state index < -0.39 is 0 Å². The second-order valence-corrected chi connectivity index (χ2v) is 7.84. The van der Waals surface area contributed by atoms with E-state index in [1.54, 1.807) is 14.0 Å². The van der Waals surface area contributed by atoms with Crippen molar-refractivity contribution in [1.82, 2.24) is 20.5 Å². The number of hydrogen-bond acceptors (Lipinski definition) is 6. The van der Waals surface area contributed by atoms with E-state index in [1.165, 1.54) is 50.2 Å². The number of guanidine groups is 1. The van der Waals surface area contributed by atoms with Crippen molar-refractivity contribution >= 4 is 47.2 Å². The first kappa shape index (κ1) is 25.1. The quantitative estimate of drug-likeness (QED) is 0.170. The van der Waals surface area contributed by atoms with Crippen LogP contribution < -0.4 is 10.6 Å². The lowest BCUT2D eigenvalue weighted by atomic mass is 10.3. The fourth-order valence-electron chi connectivity index (χ4n) is 3.12. The zero-order valence-corrected chi connectivity index (χ0v) is 20.6. The van der Waals surface area contributed by atoms with Gasteiger partial charge in [-0.1, -0.05) is 0 Å². The zero-order chi connectivity index (χ0) is 19.6. The van der Waals surface area contributed by atoms with Crippen molar-refractivity contribution in [3.8, 4) is 0 Å². The third-order valence-electron chi connectivity index (χ3n) is 4.61. The largest absolute Gasteiger partial charge is 0.462 e. The first-order chi connectivity index (χ1) is 13.0. The van der Waals surface area contributed by atoms with Crippen molar-refractivity contribution in [3.05, 3.63) is 15.6 Å². The summed E-state index contributed by atoms with van der Waals surface area (Å²) in [5, 5.41) is 7.57. The molecule has 2 rings (SSSR count). The number of aliphatic imine (C=N–C) groups is 1. The predicted molar refractivity (Wildman–Crippen MR) is 126 cm³/mol. The summed E-state index contributed by atoms with van der Waals surface area (Å²) in [7, 11) is 1.77. The standard InChI is InChI=1S/C19H33N5O2S.HI/c1-5-26-18(25)16-14(2)22-17(27-16)15(3)23-19(20-4)21-10-6-7-11-24-12-8-9-13-24;/h15H,5-13H2,1-4H3,(H2,20,21,23);1H. The highest BCUT2D eigenvalue weighted by Gasteiger charge is 2.20. The number of aromatic nitrogens is 1. The van der Waals surface area contributed by atoms with Crippen molar-refractivity contribution in [2.75, 3.05) is 39.8 Å². The minimum atomic E-state index is -0.300. The highest BCUT2D eigenvalue weighted by molar-refractivity contribution is 14.0. The molecule has 0 radical (unpaired) electrons. The molecule has 0 aromatic carbocycles. The second kappa shape index (κ2) is 13.3. The van der Waals surface area contributed by atoms with Crippen LogP contribution in [0.5, 0.6) is 0 Å². The van der Waals surface area contributed by atoms with Gasteiger partial charge in [0.1, 0.15) is 9.88 Å². The average Bonchev–Trinajstić information content (AvgIpc) is 3.30. The molecule has 1 aliphatic heterocycles. The molecule has 2 heterocycles. The Morgan fingerprint density at radius 1 is 1.36 bits per heavy atom. The van der Waals surface area contributed by atoms with Crippen molar-refractivity contribution in [3.63, 3.8) is 0 Å². The van der Waals surface area contributed by atoms with E-state index in [0.717, 1.165) is 23.9 Å². The minimum Gasteiger partial charge on any atom is -0.462 e. The molecule has 0 aliphatic carbocycles. The van der Waals surface area contributed by atoms with Gasteiger partial charge < -0.3 is 20.3 Å². The van der Waals surface area contributed by atoms with Crippen LogP contribution in [0.3, 0.4) is 0 Å². The molecule has 1 aromatic rings. The number of nitrogens with one attached hydrogen (secondary N) is 2. The van der Waals surface area contributed by atoms with Crippen molar-refractivity contribution in [2.45, 2.75) is 52.5 Å². The van der Waals surface area contributed by atoms with E-state index in [0.29, 0.717) is 17.2 Å². The maximum atomic E-state index is 12.0. The molecule has 1 fully saturated rings. The summed E-state index contributed by atoms with van der Waals surface area (Å²) < 4.78 is 5.09. The molecule has 9 heteroatoms. The number of carbonyl (C=O) groups is 1. The van der Waals surface area contributed by atoms with E-state index in [4.69, 9.17) is 4.74 Å². The summed E-state index contributed by atoms with van der Waals surface area (Å²) in [4.78, 5) is 23.9. The first-order valence-corrected chi connectivity index (χ1v) is 10.7. The molecule has 28 heavy (non-hydrogen) atoms. The number of esters is 1. The highest BCUT2D eigenvalue weighted by atomic mass is 127. The SMILES string of the molecule is CCOC(=O)c1sc(C(C)NC(=NC)NCCCCN2CCCC2)nc1C.I. The normalized spacial score (nSPS) is 15.8. The van der Waals surface area contributed by atoms with Gasteiger partial charge in [-0.05, 0) is 66.1 Å². The molecule has 1 saturated heterocycles. The summed E-state index contributed by atoms with van der Waals surface area (Å²) in [6, 6.07) is -0.0346. The average molecular weight is 523 g/mol. The van der Waals surface area contributed by atoms with Crippen LogP contribution in [0.25, 0.3) is 0 Å². The maximum absolute atomic E-state index is 12.0. The molecular formula is C19H34IN5O2S. The van der Waals surface area contributed by atoms with Crippen LogP contribution in [0.15, 0.2) is 4.99 Å². The van der Waals surface area contributed by atoms with Gasteiger partial charge in [0.05, 0.1) is 18.3 Å². The number of hydrogen-bond donors (Lipinski definition) is 2. The Balaban J connectivity index is 0.00000392. The lowest BCUT2D eigenvalue weighted by molar-refractivity contribution is 0.0531. The van der Waals surface area contributed by atoms with E-state index >= 15 is 0 Å². The fraction of sp³-hybridized carbons (Fsp3) is 0.737. The van der Waals surface area contributed by atoms with Crippen LogP contribution in [0, 0.1) is 6.92 Å². The molecule has 1 aromatic heterocycles. The topological polar surface area (TPSA) is 78.8 Å². The molecule has 7 nitrogen and oxygen atoms in total. The fourth-order valence-corrected chi connectivity index (χ4v) is 4.09. The van der Waals surface area contributed by atoms with Crippen LogP contribution >= 0.6 is 35.3 Å². The maximum Gasteiger partial charge on any atom is 0.350 e. The van der Waals surface area contributed by atoms with Crippen LogP contribution in [0.2, 0.25) is 0 Å². The van der Waals surface area contributed by atoms with Gasteiger partial charge in [-0.15, -0.1) is 35.3 Å². The molecule has 0 saturated carbocycles. The third-order valence-corrected chi connectivity index (χ3v) is 5.93. The number of halogens is 1. The van der Waals surface area contributed by atoms with Gasteiger partial charge >= 0.3 is 5.97 Å². The number of thiazole rings is 1. The summed E-state index contributed by atoms with van der Waals surface area (Å²) in [6.07, 6.45) is 5.02. The van der Waals surface area contributed by atoms with Crippen molar-refractivity contribution < 1.29 is 9.53 Å². The summed E-state index contributed by atoms with van der Waals surface area (Å²) >= 11 is 1.38. The van der Waals surface area contributed by atoms with Gasteiger partial charge in [0.25, 0.3) is 0 Å². The van der Waals surface area contributed by atoms with E-state index in [9.17, 15) is 4.79 Å². The van der Waals surface area contributed by atoms with Gasteiger partial charge in [-0.3, -0.25) is 4.99 Å². The number of nitrogens with zero attached hydrogens (tertiary/aromatic N) is 3. The molecular weight excluding hydrogens is 489 g/mol. The summed E-state index contributed by atoms with van der Waals surface area (Å²) in [5.74, 6) is 0.459. The van der Waals surface area contributed by atoms with Gasteiger partial charge in [-0.25, -0.2) is 9.78 Å². The highest BCUT2D eigenvalue weighted by Crippen LogP contribution is 2.24. The van der Waals surface area contributed by atoms with E-state index in [1.807, 2.05) is 13.8 Å². The van der Waals surface area contributed by atoms with Crippen LogP contribution in [-0.4, -0.2) is 61.6 Å². The molecule has 1 aliphatic rings. The van der Waals surface area contributed by atoms with Crippen LogP contribution in [-0.2, 0) is 4.74 Å². The number of rotatable bonds is 9. The Morgan fingerprint density at radius 2 is 2.07 bits per heavy atom. The lowest BCUT2D eigenvalue weighted by Gasteiger charge is -2.17. The molecule has 0 bridgehead atoms. The van der Waals surface area contributed by atoms with Crippen molar-refractivity contribution in [1.29, 1.82) is 0 Å². The van der Waals surface area contributed by atoms with E-state index in [2.05, 4.69) is 25.5 Å². The summed E-state index contributed by atoms with van der Waals surface area (Å²) in [6.45, 7) is 10.6. The van der Waals surface area contributed by atoms with E-state index in [-0.39, 0.29) is 36.0 Å². The monoisotopic (exact) mass is 523 g/mol. The molecule has 0 spiro atoms. The molecule has 2 N–H and O–H groups in total. The lowest BCUT2D eigenvalue weighted by Crippen LogP contribution is -2.39. The second-order valence-electron chi connectivity index (χ2n) is 6.81. The zero-order valence-electron chi connectivity index (χ0n) is 17.4. The van der Waals surface area contributed by atoms with Gasteiger partial charge in [-0.2, -0.15) is 0 Å². The number of aryl methyl sites for hydroxylation is 1. The third kappa shape index (κ3) is 7.82. The Hall–Kier alpha value is -0.940. The van der Waals surface area contributed by atoms with Crippen LogP contribution in [0.4, 0.5) is 0 Å². The molecule has 0 amide bonds. The Morgan fingerprint density at radius 3 is 2.71 bits per heavy atom. The number of unbranched alkanes of at least 4 members (excludes halogenated alkanes) is 1. The van der Waals surface area contributed by atoms with Gasteiger partial charge in [0.2, 0.25) is 0 Å². The number of carbonyl (C=O) groups excluding carboxylic acids is 1. The number of ether oxygens (including phenoxy) is 1. The molecule has 1 atom stereocenters. The minimum absolute atomic E-state index is 0. The summed E-state index contributed by atoms with van der Waals surface area (Å²) in [5.41, 5.74) is 0.715. The predicted octanol–water partition coefficient (Wildman–Crippen LogP) is 3.35. The van der Waals surface area contributed by atoms with Crippen molar-refractivity contribution in [2.24, 2.45) is 4.99 Å².